The lowest BCUT2D eigenvalue weighted by Crippen LogP contribution is -2.27. The first-order chi connectivity index (χ1) is 5.72. The van der Waals surface area contributed by atoms with Gasteiger partial charge in [-0.15, -0.1) is 9.60 Å². The predicted molar refractivity (Wildman–Crippen MR) is 40.9 cm³/mol. The third kappa shape index (κ3) is 2.84. The maximum Gasteiger partial charge on any atom is 0.148 e. The van der Waals surface area contributed by atoms with Gasteiger partial charge in [-0.05, 0) is 6.42 Å². The lowest BCUT2D eigenvalue weighted by atomic mass is 10.1. The van der Waals surface area contributed by atoms with Crippen molar-refractivity contribution in [3.8, 4) is 0 Å². The molecule has 1 heterocycles. The Morgan fingerprint density at radius 1 is 1.75 bits per heavy atom. The standard InChI is InChI=1S/C7H13FN2O2/c8-10(5-11)2-1-6-3-7(12)4-9-6/h6,9,11H,1-5H2. The molecule has 1 unspecified atom stereocenters. The molecule has 0 aromatic carbocycles. The summed E-state index contributed by atoms with van der Waals surface area (Å²) in [6.07, 6.45) is 1.04. The zero-order valence-electron chi connectivity index (χ0n) is 6.79. The number of aliphatic hydroxyl groups is 1. The van der Waals surface area contributed by atoms with Crippen LogP contribution < -0.4 is 5.32 Å². The minimum atomic E-state index is -0.583. The van der Waals surface area contributed by atoms with E-state index in [0.29, 0.717) is 24.5 Å². The topological polar surface area (TPSA) is 52.6 Å². The summed E-state index contributed by atoms with van der Waals surface area (Å²) in [6, 6.07) is 0.0855. The van der Waals surface area contributed by atoms with Crippen LogP contribution in [0.1, 0.15) is 12.8 Å². The average Bonchev–Trinajstić information content (AvgIpc) is 2.47. The van der Waals surface area contributed by atoms with Crippen LogP contribution in [-0.2, 0) is 4.79 Å². The van der Waals surface area contributed by atoms with Crippen molar-refractivity contribution in [2.24, 2.45) is 0 Å². The van der Waals surface area contributed by atoms with Crippen molar-refractivity contribution in [2.45, 2.75) is 18.9 Å². The van der Waals surface area contributed by atoms with E-state index in [2.05, 4.69) is 5.32 Å². The summed E-state index contributed by atoms with van der Waals surface area (Å²) in [5.41, 5.74) is 0. The molecule has 0 bridgehead atoms. The van der Waals surface area contributed by atoms with Crippen molar-refractivity contribution in [3.63, 3.8) is 0 Å². The molecule has 1 aliphatic heterocycles. The molecular weight excluding hydrogens is 163 g/mol. The van der Waals surface area contributed by atoms with Gasteiger partial charge in [0.25, 0.3) is 0 Å². The van der Waals surface area contributed by atoms with E-state index in [1.54, 1.807) is 0 Å². The van der Waals surface area contributed by atoms with Gasteiger partial charge in [0.1, 0.15) is 12.5 Å². The van der Waals surface area contributed by atoms with Crippen molar-refractivity contribution in [1.82, 2.24) is 10.4 Å². The second-order valence-corrected chi connectivity index (χ2v) is 2.94. The molecule has 1 saturated heterocycles. The van der Waals surface area contributed by atoms with Gasteiger partial charge in [0.2, 0.25) is 0 Å². The van der Waals surface area contributed by atoms with Crippen LogP contribution in [0.4, 0.5) is 4.48 Å². The van der Waals surface area contributed by atoms with Gasteiger partial charge in [0, 0.05) is 19.0 Å². The Morgan fingerprint density at radius 3 is 3.00 bits per heavy atom. The fraction of sp³-hybridized carbons (Fsp3) is 0.857. The van der Waals surface area contributed by atoms with Gasteiger partial charge in [-0.1, -0.05) is 0 Å². The van der Waals surface area contributed by atoms with E-state index in [1.165, 1.54) is 0 Å². The lowest BCUT2D eigenvalue weighted by Gasteiger charge is -2.11. The van der Waals surface area contributed by atoms with Crippen molar-refractivity contribution in [1.29, 1.82) is 0 Å². The molecule has 12 heavy (non-hydrogen) atoms. The molecule has 1 aliphatic rings. The number of aliphatic hydroxyl groups excluding tert-OH is 1. The highest BCUT2D eigenvalue weighted by Crippen LogP contribution is 2.06. The van der Waals surface area contributed by atoms with Crippen LogP contribution in [0.15, 0.2) is 0 Å². The van der Waals surface area contributed by atoms with E-state index >= 15 is 0 Å². The molecule has 0 radical (unpaired) electrons. The number of ketones is 1. The highest BCUT2D eigenvalue weighted by Gasteiger charge is 2.21. The number of nitrogens with zero attached hydrogens (tertiary/aromatic N) is 1. The predicted octanol–water partition coefficient (Wildman–Crippen LogP) is -0.556. The number of rotatable bonds is 4. The molecule has 0 spiro atoms. The summed E-state index contributed by atoms with van der Waals surface area (Å²) in [6.45, 7) is -0.0157. The Bertz CT molecular complexity index is 165. The SMILES string of the molecule is O=C1CNC(CCN(F)CO)C1. The lowest BCUT2D eigenvalue weighted by molar-refractivity contribution is -0.116. The van der Waals surface area contributed by atoms with Crippen molar-refractivity contribution in [3.05, 3.63) is 0 Å². The first kappa shape index (κ1) is 9.57. The smallest absolute Gasteiger partial charge is 0.148 e. The quantitative estimate of drug-likeness (QED) is 0.445. The molecule has 0 amide bonds. The summed E-state index contributed by atoms with van der Waals surface area (Å²) in [7, 11) is 0. The van der Waals surface area contributed by atoms with E-state index in [-0.39, 0.29) is 18.4 Å². The maximum atomic E-state index is 12.4. The Morgan fingerprint density at radius 2 is 2.50 bits per heavy atom. The molecule has 70 valence electrons. The molecule has 4 nitrogen and oxygen atoms in total. The molecule has 2 N–H and O–H groups in total. The van der Waals surface area contributed by atoms with Crippen LogP contribution >= 0.6 is 0 Å². The number of Topliss-reactive ketones (excluding diaryl/α,β-unsaturated/α-hetero) is 1. The minimum Gasteiger partial charge on any atom is -0.379 e. The second kappa shape index (κ2) is 4.49. The summed E-state index contributed by atoms with van der Waals surface area (Å²) >= 11 is 0. The second-order valence-electron chi connectivity index (χ2n) is 2.94. The summed E-state index contributed by atoms with van der Waals surface area (Å²) in [4.78, 5) is 10.7. The maximum absolute atomic E-state index is 12.4. The normalized spacial score (nSPS) is 23.9. The average molecular weight is 176 g/mol. The first-order valence-electron chi connectivity index (χ1n) is 3.99. The number of halogens is 1. The zero-order valence-corrected chi connectivity index (χ0v) is 6.79. The molecular formula is C7H13FN2O2. The van der Waals surface area contributed by atoms with E-state index in [0.717, 1.165) is 0 Å². The minimum absolute atomic E-state index is 0.0855. The summed E-state index contributed by atoms with van der Waals surface area (Å²) in [5.74, 6) is 0.175. The van der Waals surface area contributed by atoms with Gasteiger partial charge >= 0.3 is 0 Å². The van der Waals surface area contributed by atoms with Gasteiger partial charge in [0.05, 0.1) is 6.54 Å². The Balaban J connectivity index is 2.11. The third-order valence-corrected chi connectivity index (χ3v) is 1.94. The fourth-order valence-electron chi connectivity index (χ4n) is 1.25. The molecule has 0 aliphatic carbocycles. The molecule has 1 fully saturated rings. The Hall–Kier alpha value is -0.520. The van der Waals surface area contributed by atoms with Crippen LogP contribution in [0, 0.1) is 0 Å². The van der Waals surface area contributed by atoms with Crippen LogP contribution in [0.3, 0.4) is 0 Å². The number of hydrogen-bond acceptors (Lipinski definition) is 4. The van der Waals surface area contributed by atoms with Crippen molar-refractivity contribution >= 4 is 5.78 Å². The molecule has 1 rings (SSSR count). The highest BCUT2D eigenvalue weighted by molar-refractivity contribution is 5.83. The number of carbonyl (C=O) groups is 1. The highest BCUT2D eigenvalue weighted by atomic mass is 19.2. The van der Waals surface area contributed by atoms with Crippen LogP contribution in [0.25, 0.3) is 0 Å². The van der Waals surface area contributed by atoms with Crippen LogP contribution in [-0.4, -0.2) is 41.9 Å². The number of hydrogen-bond donors (Lipinski definition) is 2. The largest absolute Gasteiger partial charge is 0.379 e. The number of carbonyl (C=O) groups excluding carboxylic acids is 1. The number of nitrogens with one attached hydrogen (secondary N) is 1. The van der Waals surface area contributed by atoms with E-state index in [9.17, 15) is 9.28 Å². The molecule has 0 saturated carbocycles. The van der Waals surface area contributed by atoms with Gasteiger partial charge in [0.15, 0.2) is 0 Å². The van der Waals surface area contributed by atoms with E-state index in [1.807, 2.05) is 0 Å². The van der Waals surface area contributed by atoms with Gasteiger partial charge in [-0.3, -0.25) is 4.79 Å². The van der Waals surface area contributed by atoms with Gasteiger partial charge in [-0.25, -0.2) is 0 Å². The van der Waals surface area contributed by atoms with E-state index in [4.69, 9.17) is 5.11 Å². The Kier molecular flexibility index (Phi) is 3.58. The van der Waals surface area contributed by atoms with Gasteiger partial charge in [-0.2, -0.15) is 0 Å². The van der Waals surface area contributed by atoms with Gasteiger partial charge < -0.3 is 10.4 Å². The van der Waals surface area contributed by atoms with Crippen molar-refractivity contribution < 1.29 is 14.4 Å². The Labute approximate surface area is 70.3 Å². The molecule has 0 aromatic heterocycles. The zero-order chi connectivity index (χ0) is 8.97. The van der Waals surface area contributed by atoms with E-state index < -0.39 is 6.73 Å². The monoisotopic (exact) mass is 176 g/mol. The first-order valence-corrected chi connectivity index (χ1v) is 3.99. The van der Waals surface area contributed by atoms with Crippen LogP contribution in [0.5, 0.6) is 0 Å². The molecule has 0 aromatic rings. The summed E-state index contributed by atoms with van der Waals surface area (Å²) < 4.78 is 12.4. The molecule has 5 heteroatoms. The van der Waals surface area contributed by atoms with Crippen molar-refractivity contribution in [2.75, 3.05) is 19.8 Å². The molecule has 1 atom stereocenters. The fourth-order valence-corrected chi connectivity index (χ4v) is 1.25. The van der Waals surface area contributed by atoms with Crippen LogP contribution in [0.2, 0.25) is 0 Å². The third-order valence-electron chi connectivity index (χ3n) is 1.94. The summed E-state index contributed by atoms with van der Waals surface area (Å²) in [5, 5.41) is 11.6.